The van der Waals surface area contributed by atoms with Crippen molar-refractivity contribution in [2.24, 2.45) is 0 Å². The van der Waals surface area contributed by atoms with Gasteiger partial charge in [0.2, 0.25) is 10.0 Å². The van der Waals surface area contributed by atoms with E-state index in [1.807, 2.05) is 0 Å². The van der Waals surface area contributed by atoms with Crippen LogP contribution in [0.15, 0.2) is 35.2 Å². The Labute approximate surface area is 124 Å². The Morgan fingerprint density at radius 2 is 2.05 bits per heavy atom. The zero-order valence-corrected chi connectivity index (χ0v) is 13.1. The van der Waals surface area contributed by atoms with Gasteiger partial charge in [-0.3, -0.25) is 0 Å². The van der Waals surface area contributed by atoms with Crippen LogP contribution in [-0.4, -0.2) is 44.0 Å². The molecule has 1 N–H and O–H groups in total. The van der Waals surface area contributed by atoms with E-state index in [-0.39, 0.29) is 29.3 Å². The van der Waals surface area contributed by atoms with E-state index in [0.717, 1.165) is 0 Å². The van der Waals surface area contributed by atoms with E-state index < -0.39 is 16.0 Å². The van der Waals surface area contributed by atoms with Crippen LogP contribution in [-0.2, 0) is 10.0 Å². The van der Waals surface area contributed by atoms with Gasteiger partial charge < -0.3 is 9.84 Å². The average molecular weight is 313 g/mol. The fraction of sp³-hybridized carbons (Fsp3) is 0.357. The summed E-state index contributed by atoms with van der Waals surface area (Å²) in [6, 6.07) is 3.69. The van der Waals surface area contributed by atoms with Gasteiger partial charge in [-0.25, -0.2) is 13.2 Å². The van der Waals surface area contributed by atoms with Gasteiger partial charge in [0.15, 0.2) is 0 Å². The number of sulfonamides is 1. The Morgan fingerprint density at radius 1 is 1.43 bits per heavy atom. The van der Waals surface area contributed by atoms with Crippen molar-refractivity contribution in [3.63, 3.8) is 0 Å². The van der Waals surface area contributed by atoms with Gasteiger partial charge in [-0.2, -0.15) is 4.31 Å². The summed E-state index contributed by atoms with van der Waals surface area (Å²) < 4.78 is 31.5. The zero-order valence-electron chi connectivity index (χ0n) is 12.3. The molecule has 0 amide bonds. The Kier molecular flexibility index (Phi) is 5.51. The first-order valence-electron chi connectivity index (χ1n) is 6.29. The number of benzene rings is 1. The number of carboxylic acid groups (broad SMARTS) is 1. The normalized spacial score (nSPS) is 11.4. The van der Waals surface area contributed by atoms with Crippen LogP contribution in [0.2, 0.25) is 0 Å². The quantitative estimate of drug-likeness (QED) is 0.778. The van der Waals surface area contributed by atoms with Crippen molar-refractivity contribution in [1.29, 1.82) is 0 Å². The summed E-state index contributed by atoms with van der Waals surface area (Å²) >= 11 is 0. The summed E-state index contributed by atoms with van der Waals surface area (Å²) in [6.07, 6.45) is 0. The molecule has 0 saturated carbocycles. The first-order valence-corrected chi connectivity index (χ1v) is 7.73. The maximum absolute atomic E-state index is 12.6. The van der Waals surface area contributed by atoms with Crippen LogP contribution in [0.25, 0.3) is 0 Å². The summed E-state index contributed by atoms with van der Waals surface area (Å²) in [4.78, 5) is 10.9. The molecule has 0 saturated heterocycles. The minimum atomic E-state index is -3.78. The Balaban J connectivity index is 3.36. The number of methoxy groups -OCH3 is 1. The third kappa shape index (κ3) is 3.83. The lowest BCUT2D eigenvalue weighted by Gasteiger charge is -2.21. The predicted octanol–water partition coefficient (Wildman–Crippen LogP) is 1.98. The molecule has 21 heavy (non-hydrogen) atoms. The summed E-state index contributed by atoms with van der Waals surface area (Å²) in [5.41, 5.74) is 0.676. The highest BCUT2D eigenvalue weighted by molar-refractivity contribution is 7.89. The van der Waals surface area contributed by atoms with Gasteiger partial charge in [-0.15, -0.1) is 0 Å². The highest BCUT2D eigenvalue weighted by Gasteiger charge is 2.27. The first kappa shape index (κ1) is 17.2. The maximum Gasteiger partial charge on any atom is 0.335 e. The number of carbonyl (C=O) groups is 1. The van der Waals surface area contributed by atoms with E-state index in [4.69, 9.17) is 9.84 Å². The molecule has 116 valence electrons. The van der Waals surface area contributed by atoms with Crippen molar-refractivity contribution in [2.75, 3.05) is 20.2 Å². The van der Waals surface area contributed by atoms with Gasteiger partial charge in [0.1, 0.15) is 10.6 Å². The van der Waals surface area contributed by atoms with Crippen LogP contribution in [0.1, 0.15) is 24.2 Å². The van der Waals surface area contributed by atoms with Gasteiger partial charge >= 0.3 is 5.97 Å². The van der Waals surface area contributed by atoms with Crippen molar-refractivity contribution in [3.05, 3.63) is 35.9 Å². The fourth-order valence-corrected chi connectivity index (χ4v) is 3.47. The minimum Gasteiger partial charge on any atom is -0.495 e. The Morgan fingerprint density at radius 3 is 2.48 bits per heavy atom. The van der Waals surface area contributed by atoms with Gasteiger partial charge in [-0.1, -0.05) is 19.1 Å². The summed E-state index contributed by atoms with van der Waals surface area (Å²) in [7, 11) is -2.48. The third-order valence-electron chi connectivity index (χ3n) is 2.83. The highest BCUT2D eigenvalue weighted by atomic mass is 32.2. The summed E-state index contributed by atoms with van der Waals surface area (Å²) in [6.45, 7) is 7.65. The molecular formula is C14H19NO5S. The number of hydrogen-bond donors (Lipinski definition) is 1. The molecule has 7 heteroatoms. The molecule has 0 aliphatic carbocycles. The van der Waals surface area contributed by atoms with Crippen molar-refractivity contribution in [1.82, 2.24) is 4.31 Å². The van der Waals surface area contributed by atoms with Crippen LogP contribution in [0.5, 0.6) is 5.75 Å². The number of carboxylic acids is 1. The van der Waals surface area contributed by atoms with Crippen LogP contribution in [0, 0.1) is 0 Å². The SMILES string of the molecule is C=C(C)CN(CC)S(=O)(=O)c1ccc(C(=O)O)cc1OC. The van der Waals surface area contributed by atoms with E-state index >= 15 is 0 Å². The lowest BCUT2D eigenvalue weighted by molar-refractivity contribution is 0.0696. The van der Waals surface area contributed by atoms with Crippen molar-refractivity contribution < 1.29 is 23.1 Å². The number of aromatic carboxylic acids is 1. The Hall–Kier alpha value is -1.86. The average Bonchev–Trinajstić information content (AvgIpc) is 2.43. The minimum absolute atomic E-state index is 0.00932. The number of hydrogen-bond acceptors (Lipinski definition) is 4. The molecule has 0 radical (unpaired) electrons. The van der Waals surface area contributed by atoms with Gasteiger partial charge in [0.25, 0.3) is 0 Å². The van der Waals surface area contributed by atoms with E-state index in [0.29, 0.717) is 5.57 Å². The second-order valence-corrected chi connectivity index (χ2v) is 6.47. The molecule has 0 bridgehead atoms. The molecule has 0 unspecified atom stereocenters. The first-order chi connectivity index (χ1) is 9.73. The fourth-order valence-electron chi connectivity index (χ4n) is 1.82. The van der Waals surface area contributed by atoms with Gasteiger partial charge in [-0.05, 0) is 25.1 Å². The Bertz CT molecular complexity index is 651. The topological polar surface area (TPSA) is 83.9 Å². The standard InChI is InChI=1S/C14H19NO5S/c1-5-15(9-10(2)3)21(18,19)13-7-6-11(14(16)17)8-12(13)20-4/h6-8H,2,5,9H2,1,3-4H3,(H,16,17). The molecule has 0 aliphatic heterocycles. The van der Waals surface area contributed by atoms with E-state index in [1.165, 1.54) is 29.6 Å². The second kappa shape index (κ2) is 6.73. The monoisotopic (exact) mass is 313 g/mol. The summed E-state index contributed by atoms with van der Waals surface area (Å²) in [5.74, 6) is -1.14. The van der Waals surface area contributed by atoms with Crippen molar-refractivity contribution in [2.45, 2.75) is 18.7 Å². The maximum atomic E-state index is 12.6. The number of rotatable bonds is 7. The molecule has 0 aliphatic rings. The summed E-state index contributed by atoms with van der Waals surface area (Å²) in [5, 5.41) is 8.95. The lowest BCUT2D eigenvalue weighted by Crippen LogP contribution is -2.32. The molecule has 0 aromatic heterocycles. The third-order valence-corrected chi connectivity index (χ3v) is 4.79. The van der Waals surface area contributed by atoms with E-state index in [9.17, 15) is 13.2 Å². The number of nitrogens with zero attached hydrogens (tertiary/aromatic N) is 1. The van der Waals surface area contributed by atoms with Crippen LogP contribution < -0.4 is 4.74 Å². The molecule has 0 fully saturated rings. The smallest absolute Gasteiger partial charge is 0.335 e. The highest BCUT2D eigenvalue weighted by Crippen LogP contribution is 2.28. The van der Waals surface area contributed by atoms with Crippen molar-refractivity contribution >= 4 is 16.0 Å². The molecule has 6 nitrogen and oxygen atoms in total. The number of ether oxygens (including phenoxy) is 1. The molecule has 1 aromatic rings. The lowest BCUT2D eigenvalue weighted by atomic mass is 10.2. The molecule has 0 spiro atoms. The molecule has 1 aromatic carbocycles. The molecule has 1 rings (SSSR count). The zero-order chi connectivity index (χ0) is 16.2. The van der Waals surface area contributed by atoms with Gasteiger partial charge in [0.05, 0.1) is 12.7 Å². The van der Waals surface area contributed by atoms with Crippen LogP contribution >= 0.6 is 0 Å². The molecule has 0 atom stereocenters. The van der Waals surface area contributed by atoms with E-state index in [2.05, 4.69) is 6.58 Å². The van der Waals surface area contributed by atoms with Gasteiger partial charge in [0, 0.05) is 13.1 Å². The van der Waals surface area contributed by atoms with Crippen LogP contribution in [0.4, 0.5) is 0 Å². The second-order valence-electron chi connectivity index (χ2n) is 4.56. The molecule has 0 heterocycles. The van der Waals surface area contributed by atoms with Crippen molar-refractivity contribution in [3.8, 4) is 5.75 Å². The molecular weight excluding hydrogens is 294 g/mol. The van der Waals surface area contributed by atoms with Crippen LogP contribution in [0.3, 0.4) is 0 Å². The largest absolute Gasteiger partial charge is 0.495 e. The van der Waals surface area contributed by atoms with E-state index in [1.54, 1.807) is 13.8 Å². The number of likely N-dealkylation sites (N-methyl/N-ethyl adjacent to an activating group) is 1. The predicted molar refractivity (Wildman–Crippen MR) is 79.2 cm³/mol.